The maximum atomic E-state index is 11.6. The van der Waals surface area contributed by atoms with Crippen LogP contribution in [-0.4, -0.2) is 31.0 Å². The zero-order valence-electron chi connectivity index (χ0n) is 9.54. The number of pyridine rings is 1. The molecular weight excluding hydrogens is 206 g/mol. The first-order chi connectivity index (χ1) is 7.63. The molecule has 0 bridgehead atoms. The molecule has 1 heterocycles. The molecule has 1 atom stereocenters. The summed E-state index contributed by atoms with van der Waals surface area (Å²) in [4.78, 5) is 24.9. The van der Waals surface area contributed by atoms with Crippen molar-refractivity contribution >= 4 is 5.91 Å². The third-order valence-electron chi connectivity index (χ3n) is 2.21. The number of aromatic amines is 1. The van der Waals surface area contributed by atoms with Crippen LogP contribution in [0.3, 0.4) is 0 Å². The lowest BCUT2D eigenvalue weighted by molar-refractivity contribution is 0.0947. The van der Waals surface area contributed by atoms with Gasteiger partial charge in [0.2, 0.25) is 5.56 Å². The third-order valence-corrected chi connectivity index (χ3v) is 2.21. The Morgan fingerprint density at radius 3 is 2.75 bits per heavy atom. The second-order valence-electron chi connectivity index (χ2n) is 3.81. The highest BCUT2D eigenvalue weighted by atomic mass is 16.1. The first-order valence-corrected chi connectivity index (χ1v) is 5.25. The molecule has 1 aromatic rings. The highest BCUT2D eigenvalue weighted by Gasteiger charge is 2.06. The molecule has 0 fully saturated rings. The molecule has 1 amide bonds. The molecule has 3 N–H and O–H groups in total. The van der Waals surface area contributed by atoms with Crippen LogP contribution in [0.25, 0.3) is 0 Å². The minimum Gasteiger partial charge on any atom is -0.352 e. The van der Waals surface area contributed by atoms with Crippen LogP contribution in [0.2, 0.25) is 0 Å². The molecule has 0 aromatic carbocycles. The van der Waals surface area contributed by atoms with Crippen molar-refractivity contribution in [3.8, 4) is 0 Å². The largest absolute Gasteiger partial charge is 0.352 e. The second-order valence-corrected chi connectivity index (χ2v) is 3.81. The number of amides is 1. The van der Waals surface area contributed by atoms with Crippen LogP contribution in [0.5, 0.6) is 0 Å². The van der Waals surface area contributed by atoms with Gasteiger partial charge in [0.1, 0.15) is 0 Å². The molecule has 88 valence electrons. The number of hydrogen-bond donors (Lipinski definition) is 3. The topological polar surface area (TPSA) is 74.0 Å². The van der Waals surface area contributed by atoms with Crippen LogP contribution in [0.1, 0.15) is 17.3 Å². The van der Waals surface area contributed by atoms with E-state index in [4.69, 9.17) is 0 Å². The van der Waals surface area contributed by atoms with Crippen LogP contribution < -0.4 is 16.2 Å². The van der Waals surface area contributed by atoms with Crippen LogP contribution in [-0.2, 0) is 0 Å². The zero-order chi connectivity index (χ0) is 12.0. The van der Waals surface area contributed by atoms with Crippen LogP contribution in [0, 0.1) is 5.92 Å². The van der Waals surface area contributed by atoms with Gasteiger partial charge in [-0.1, -0.05) is 6.92 Å². The highest BCUT2D eigenvalue weighted by Crippen LogP contribution is 1.95. The summed E-state index contributed by atoms with van der Waals surface area (Å²) in [6.07, 6.45) is 1.42. The summed E-state index contributed by atoms with van der Waals surface area (Å²) >= 11 is 0. The van der Waals surface area contributed by atoms with E-state index in [-0.39, 0.29) is 11.5 Å². The Labute approximate surface area is 94.3 Å². The van der Waals surface area contributed by atoms with Crippen molar-refractivity contribution in [1.82, 2.24) is 15.6 Å². The molecule has 0 aliphatic rings. The van der Waals surface area contributed by atoms with Crippen molar-refractivity contribution in [2.45, 2.75) is 6.92 Å². The number of hydrogen-bond acceptors (Lipinski definition) is 3. The van der Waals surface area contributed by atoms with E-state index in [2.05, 4.69) is 15.6 Å². The number of rotatable bonds is 5. The minimum atomic E-state index is -0.208. The van der Waals surface area contributed by atoms with E-state index in [1.54, 1.807) is 0 Å². The van der Waals surface area contributed by atoms with Gasteiger partial charge in [-0.3, -0.25) is 9.59 Å². The number of H-pyrrole nitrogens is 1. The fraction of sp³-hybridized carbons (Fsp3) is 0.455. The Hall–Kier alpha value is -1.62. The van der Waals surface area contributed by atoms with E-state index in [1.807, 2.05) is 14.0 Å². The van der Waals surface area contributed by atoms with Crippen LogP contribution >= 0.6 is 0 Å². The first-order valence-electron chi connectivity index (χ1n) is 5.25. The van der Waals surface area contributed by atoms with Gasteiger partial charge in [-0.25, -0.2) is 0 Å². The normalized spacial score (nSPS) is 12.1. The summed E-state index contributed by atoms with van der Waals surface area (Å²) in [5, 5.41) is 5.84. The molecule has 0 spiro atoms. The van der Waals surface area contributed by atoms with E-state index in [9.17, 15) is 9.59 Å². The summed E-state index contributed by atoms with van der Waals surface area (Å²) in [5.74, 6) is 0.205. The summed E-state index contributed by atoms with van der Waals surface area (Å²) in [6.45, 7) is 3.51. The molecule has 5 nitrogen and oxygen atoms in total. The lowest BCUT2D eigenvalue weighted by Crippen LogP contribution is -2.32. The highest BCUT2D eigenvalue weighted by molar-refractivity contribution is 5.93. The van der Waals surface area contributed by atoms with Crippen molar-refractivity contribution in [1.29, 1.82) is 0 Å². The average Bonchev–Trinajstić information content (AvgIpc) is 2.27. The standard InChI is InChI=1S/C11H17N3O2/c1-8(5-12-2)6-14-11(16)9-3-4-10(15)13-7-9/h3-4,7-8,12H,5-6H2,1-2H3,(H,13,15)(H,14,16). The third kappa shape index (κ3) is 3.86. The monoisotopic (exact) mass is 223 g/mol. The van der Waals surface area contributed by atoms with Crippen molar-refractivity contribution in [2.75, 3.05) is 20.1 Å². The lowest BCUT2D eigenvalue weighted by Gasteiger charge is -2.11. The fourth-order valence-electron chi connectivity index (χ4n) is 1.34. The van der Waals surface area contributed by atoms with Gasteiger partial charge in [0.15, 0.2) is 0 Å². The Kier molecular flexibility index (Phi) is 4.72. The van der Waals surface area contributed by atoms with Crippen LogP contribution in [0.4, 0.5) is 0 Å². The lowest BCUT2D eigenvalue weighted by atomic mass is 10.2. The first kappa shape index (κ1) is 12.4. The van der Waals surface area contributed by atoms with Gasteiger partial charge in [0.25, 0.3) is 5.91 Å². The average molecular weight is 223 g/mol. The van der Waals surface area contributed by atoms with E-state index < -0.39 is 0 Å². The van der Waals surface area contributed by atoms with Crippen molar-refractivity contribution in [2.24, 2.45) is 5.92 Å². The van der Waals surface area contributed by atoms with Gasteiger partial charge >= 0.3 is 0 Å². The molecule has 1 aromatic heterocycles. The van der Waals surface area contributed by atoms with Gasteiger partial charge in [0.05, 0.1) is 5.56 Å². The molecule has 0 aliphatic carbocycles. The van der Waals surface area contributed by atoms with E-state index >= 15 is 0 Å². The smallest absolute Gasteiger partial charge is 0.252 e. The molecule has 1 unspecified atom stereocenters. The number of aromatic nitrogens is 1. The van der Waals surface area contributed by atoms with Crippen molar-refractivity contribution in [3.05, 3.63) is 34.2 Å². The molecule has 1 rings (SSSR count). The fourth-order valence-corrected chi connectivity index (χ4v) is 1.34. The van der Waals surface area contributed by atoms with Gasteiger partial charge in [-0.05, 0) is 25.6 Å². The second kappa shape index (κ2) is 6.07. The molecule has 0 radical (unpaired) electrons. The number of carbonyl (C=O) groups is 1. The summed E-state index contributed by atoms with van der Waals surface area (Å²) < 4.78 is 0. The molecule has 0 saturated carbocycles. The summed E-state index contributed by atoms with van der Waals surface area (Å²) in [7, 11) is 1.88. The Bertz CT molecular complexity index is 380. The predicted octanol–water partition coefficient (Wildman–Crippen LogP) is -0.0398. The number of nitrogens with one attached hydrogen (secondary N) is 3. The molecule has 0 saturated heterocycles. The van der Waals surface area contributed by atoms with E-state index in [1.165, 1.54) is 18.3 Å². The molecular formula is C11H17N3O2. The van der Waals surface area contributed by atoms with Gasteiger partial charge in [-0.15, -0.1) is 0 Å². The number of carbonyl (C=O) groups excluding carboxylic acids is 1. The molecule has 5 heteroatoms. The SMILES string of the molecule is CNCC(C)CNC(=O)c1ccc(=O)[nH]c1. The van der Waals surface area contributed by atoms with Gasteiger partial charge in [0, 0.05) is 18.8 Å². The molecule has 0 aliphatic heterocycles. The Morgan fingerprint density at radius 1 is 1.44 bits per heavy atom. The predicted molar refractivity (Wildman–Crippen MR) is 62.5 cm³/mol. The summed E-state index contributed by atoms with van der Waals surface area (Å²) in [6, 6.07) is 2.85. The Balaban J connectivity index is 2.46. The van der Waals surface area contributed by atoms with E-state index in [0.29, 0.717) is 18.0 Å². The quantitative estimate of drug-likeness (QED) is 0.655. The van der Waals surface area contributed by atoms with Gasteiger partial charge in [-0.2, -0.15) is 0 Å². The van der Waals surface area contributed by atoms with Gasteiger partial charge < -0.3 is 15.6 Å². The van der Waals surface area contributed by atoms with Crippen molar-refractivity contribution < 1.29 is 4.79 Å². The Morgan fingerprint density at radius 2 is 2.19 bits per heavy atom. The molecule has 16 heavy (non-hydrogen) atoms. The van der Waals surface area contributed by atoms with Crippen LogP contribution in [0.15, 0.2) is 23.1 Å². The van der Waals surface area contributed by atoms with Crippen molar-refractivity contribution in [3.63, 3.8) is 0 Å². The zero-order valence-corrected chi connectivity index (χ0v) is 9.54. The minimum absolute atomic E-state index is 0.167. The maximum absolute atomic E-state index is 11.6. The summed E-state index contributed by atoms with van der Waals surface area (Å²) in [5.41, 5.74) is 0.261. The maximum Gasteiger partial charge on any atom is 0.252 e. The van der Waals surface area contributed by atoms with E-state index in [0.717, 1.165) is 6.54 Å².